The molecule has 2 aromatic carbocycles. The normalized spacial score (nSPS) is 15.3. The van der Waals surface area contributed by atoms with Crippen LogP contribution in [0.1, 0.15) is 11.1 Å². The first-order chi connectivity index (χ1) is 14.7. The van der Waals surface area contributed by atoms with E-state index in [0.29, 0.717) is 0 Å². The lowest BCUT2D eigenvalue weighted by molar-refractivity contribution is -0.384. The molecule has 3 aromatic rings. The van der Waals surface area contributed by atoms with E-state index < -0.39 is 0 Å². The van der Waals surface area contributed by atoms with Crippen molar-refractivity contribution >= 4 is 5.69 Å². The molecule has 0 unspecified atom stereocenters. The van der Waals surface area contributed by atoms with E-state index >= 15 is 0 Å². The molecule has 9 nitrogen and oxygen atoms in total. The summed E-state index contributed by atoms with van der Waals surface area (Å²) in [4.78, 5) is 15.4. The number of nitro benzene ring substituents is 1. The fourth-order valence-electron chi connectivity index (χ4n) is 3.69. The van der Waals surface area contributed by atoms with E-state index in [2.05, 4.69) is 37.5 Å². The Bertz CT molecular complexity index is 935. The van der Waals surface area contributed by atoms with E-state index in [1.165, 1.54) is 5.56 Å². The van der Waals surface area contributed by atoms with Crippen molar-refractivity contribution in [2.75, 3.05) is 39.3 Å². The molecule has 1 aromatic heterocycles. The second-order valence-corrected chi connectivity index (χ2v) is 7.53. The highest BCUT2D eigenvalue weighted by molar-refractivity contribution is 5.33. The quantitative estimate of drug-likeness (QED) is 0.416. The first-order valence-corrected chi connectivity index (χ1v) is 10.2. The van der Waals surface area contributed by atoms with Crippen molar-refractivity contribution in [1.82, 2.24) is 30.0 Å². The van der Waals surface area contributed by atoms with Crippen molar-refractivity contribution in [3.63, 3.8) is 0 Å². The molecule has 0 spiro atoms. The Morgan fingerprint density at radius 3 is 1.83 bits per heavy atom. The largest absolute Gasteiger partial charge is 0.300 e. The number of rotatable bonds is 8. The molecular formula is C21H25N7O2. The number of aromatic nitrogens is 4. The van der Waals surface area contributed by atoms with Crippen LogP contribution in [-0.2, 0) is 12.8 Å². The van der Waals surface area contributed by atoms with E-state index in [-0.39, 0.29) is 10.6 Å². The predicted molar refractivity (Wildman–Crippen MR) is 113 cm³/mol. The third kappa shape index (κ3) is 5.25. The van der Waals surface area contributed by atoms with Crippen LogP contribution in [0.5, 0.6) is 0 Å². The van der Waals surface area contributed by atoms with Crippen LogP contribution in [-0.4, -0.2) is 74.2 Å². The number of hydrogen-bond donors (Lipinski definition) is 0. The lowest BCUT2D eigenvalue weighted by atomic mass is 10.1. The molecule has 1 fully saturated rings. The van der Waals surface area contributed by atoms with Crippen LogP contribution >= 0.6 is 0 Å². The highest BCUT2D eigenvalue weighted by atomic mass is 16.6. The van der Waals surface area contributed by atoms with Gasteiger partial charge < -0.3 is 9.80 Å². The van der Waals surface area contributed by atoms with Gasteiger partial charge in [0.05, 0.1) is 10.6 Å². The predicted octanol–water partition coefficient (Wildman–Crippen LogP) is 1.97. The molecule has 30 heavy (non-hydrogen) atoms. The van der Waals surface area contributed by atoms with Gasteiger partial charge in [-0.3, -0.25) is 10.1 Å². The molecule has 4 rings (SSSR count). The lowest BCUT2D eigenvalue weighted by Crippen LogP contribution is -2.47. The van der Waals surface area contributed by atoms with Gasteiger partial charge in [0.25, 0.3) is 5.69 Å². The average molecular weight is 407 g/mol. The first kappa shape index (κ1) is 20.1. The van der Waals surface area contributed by atoms with Gasteiger partial charge in [0, 0.05) is 51.4 Å². The minimum absolute atomic E-state index is 0.150. The number of benzene rings is 2. The summed E-state index contributed by atoms with van der Waals surface area (Å²) in [5, 5.41) is 22.0. The molecule has 0 bridgehead atoms. The average Bonchev–Trinajstić information content (AvgIpc) is 3.33. The summed E-state index contributed by atoms with van der Waals surface area (Å²) in [5.74, 6) is 0. The molecule has 156 valence electrons. The van der Waals surface area contributed by atoms with Gasteiger partial charge >= 0.3 is 0 Å². The van der Waals surface area contributed by atoms with Crippen molar-refractivity contribution in [3.8, 4) is 5.69 Å². The number of tetrazole rings is 1. The Kier molecular flexibility index (Phi) is 6.41. The van der Waals surface area contributed by atoms with Crippen molar-refractivity contribution < 1.29 is 4.92 Å². The fraction of sp³-hybridized carbons (Fsp3) is 0.381. The minimum atomic E-state index is -0.355. The lowest BCUT2D eigenvalue weighted by Gasteiger charge is -2.34. The molecule has 0 aliphatic carbocycles. The summed E-state index contributed by atoms with van der Waals surface area (Å²) in [7, 11) is 0. The summed E-state index contributed by atoms with van der Waals surface area (Å²) >= 11 is 0. The van der Waals surface area contributed by atoms with Crippen LogP contribution in [0.15, 0.2) is 54.9 Å². The van der Waals surface area contributed by atoms with Gasteiger partial charge in [-0.15, -0.1) is 5.10 Å². The van der Waals surface area contributed by atoms with E-state index in [1.54, 1.807) is 23.1 Å². The van der Waals surface area contributed by atoms with E-state index in [0.717, 1.165) is 63.4 Å². The Balaban J connectivity index is 1.17. The molecule has 9 heteroatoms. The third-order valence-corrected chi connectivity index (χ3v) is 5.60. The zero-order valence-electron chi connectivity index (χ0n) is 16.8. The first-order valence-electron chi connectivity index (χ1n) is 10.2. The maximum Gasteiger partial charge on any atom is 0.269 e. The molecular weight excluding hydrogens is 382 g/mol. The van der Waals surface area contributed by atoms with Crippen LogP contribution in [0.25, 0.3) is 5.69 Å². The molecule has 0 amide bonds. The highest BCUT2D eigenvalue weighted by Gasteiger charge is 2.16. The second kappa shape index (κ2) is 9.55. The smallest absolute Gasteiger partial charge is 0.269 e. The number of nitro groups is 1. The number of non-ortho nitro benzene ring substituents is 1. The molecule has 1 aliphatic heterocycles. The van der Waals surface area contributed by atoms with Crippen LogP contribution in [0.4, 0.5) is 5.69 Å². The second-order valence-electron chi connectivity index (χ2n) is 7.53. The minimum Gasteiger partial charge on any atom is -0.300 e. The monoisotopic (exact) mass is 407 g/mol. The number of hydrogen-bond acceptors (Lipinski definition) is 7. The Morgan fingerprint density at radius 2 is 1.37 bits per heavy atom. The van der Waals surface area contributed by atoms with Gasteiger partial charge in [0.15, 0.2) is 0 Å². The molecule has 2 heterocycles. The Hall–Kier alpha value is -3.17. The molecule has 0 atom stereocenters. The summed E-state index contributed by atoms with van der Waals surface area (Å²) < 4.78 is 1.65. The summed E-state index contributed by atoms with van der Waals surface area (Å²) in [5.41, 5.74) is 3.57. The summed E-state index contributed by atoms with van der Waals surface area (Å²) in [6.45, 7) is 6.31. The molecule has 0 N–H and O–H groups in total. The molecule has 1 aliphatic rings. The van der Waals surface area contributed by atoms with Crippen molar-refractivity contribution in [2.45, 2.75) is 12.8 Å². The van der Waals surface area contributed by atoms with Gasteiger partial charge in [-0.1, -0.05) is 24.3 Å². The van der Waals surface area contributed by atoms with Gasteiger partial charge in [-0.2, -0.15) is 0 Å². The molecule has 1 saturated heterocycles. The van der Waals surface area contributed by atoms with Gasteiger partial charge in [0.1, 0.15) is 6.33 Å². The standard InChI is InChI=1S/C21H25N7O2/c29-28(30)21-7-3-19(4-8-21)10-12-26-15-13-25(14-16-26)11-9-18-1-5-20(6-2-18)27-17-22-23-24-27/h1-8,17H,9-16H2. The zero-order chi connectivity index (χ0) is 20.8. The fourth-order valence-corrected chi connectivity index (χ4v) is 3.69. The maximum absolute atomic E-state index is 10.7. The topological polar surface area (TPSA) is 93.2 Å². The van der Waals surface area contributed by atoms with E-state index in [1.807, 2.05) is 24.3 Å². The van der Waals surface area contributed by atoms with Gasteiger partial charge in [0.2, 0.25) is 0 Å². The van der Waals surface area contributed by atoms with Crippen molar-refractivity contribution in [1.29, 1.82) is 0 Å². The van der Waals surface area contributed by atoms with Crippen LogP contribution < -0.4 is 0 Å². The molecule has 0 radical (unpaired) electrons. The third-order valence-electron chi connectivity index (χ3n) is 5.60. The van der Waals surface area contributed by atoms with Crippen LogP contribution in [0, 0.1) is 10.1 Å². The number of piperazine rings is 1. The molecule has 0 saturated carbocycles. The van der Waals surface area contributed by atoms with Crippen molar-refractivity contribution in [2.24, 2.45) is 0 Å². The maximum atomic E-state index is 10.7. The van der Waals surface area contributed by atoms with Crippen LogP contribution in [0.2, 0.25) is 0 Å². The number of nitrogens with zero attached hydrogens (tertiary/aromatic N) is 7. The highest BCUT2D eigenvalue weighted by Crippen LogP contribution is 2.14. The SMILES string of the molecule is O=[N+]([O-])c1ccc(CCN2CCN(CCc3ccc(-n4cnnn4)cc3)CC2)cc1. The summed E-state index contributed by atoms with van der Waals surface area (Å²) in [6.07, 6.45) is 3.54. The van der Waals surface area contributed by atoms with Gasteiger partial charge in [-0.25, -0.2) is 4.68 Å². The van der Waals surface area contributed by atoms with E-state index in [9.17, 15) is 10.1 Å². The van der Waals surface area contributed by atoms with Crippen LogP contribution in [0.3, 0.4) is 0 Å². The Labute approximate surface area is 175 Å². The van der Waals surface area contributed by atoms with Crippen molar-refractivity contribution in [3.05, 3.63) is 76.1 Å². The van der Waals surface area contributed by atoms with Gasteiger partial charge in [-0.05, 0) is 46.5 Å². The summed E-state index contributed by atoms with van der Waals surface area (Å²) in [6, 6.07) is 15.3. The Morgan fingerprint density at radius 1 is 0.833 bits per heavy atom. The van der Waals surface area contributed by atoms with E-state index in [4.69, 9.17) is 0 Å². The zero-order valence-corrected chi connectivity index (χ0v) is 16.8.